The van der Waals surface area contributed by atoms with Crippen LogP contribution in [0.3, 0.4) is 0 Å². The van der Waals surface area contributed by atoms with Crippen molar-refractivity contribution in [2.45, 2.75) is 30.6 Å². The largest absolute Gasteiger partial charge is 0.510 e. The van der Waals surface area contributed by atoms with E-state index < -0.39 is 87.4 Å². The van der Waals surface area contributed by atoms with E-state index in [1.165, 1.54) is 31.1 Å². The molecule has 0 bridgehead atoms. The van der Waals surface area contributed by atoms with Crippen molar-refractivity contribution in [2.75, 3.05) is 24.7 Å². The third-order valence-corrected chi connectivity index (χ3v) is 8.41. The maximum atomic E-state index is 13.9. The number of aliphatic hydroxyl groups excluding tert-OH is 3. The highest BCUT2D eigenvalue weighted by Gasteiger charge is 2.67. The number of aliphatic hydroxyl groups is 4. The molecule has 3 aliphatic rings. The summed E-state index contributed by atoms with van der Waals surface area (Å²) in [6.07, 6.45) is -1.70. The molecule has 0 aliphatic heterocycles. The number of nitrogens with two attached hydrogens (primary N) is 1. The minimum absolute atomic E-state index is 0.139. The van der Waals surface area contributed by atoms with E-state index in [0.717, 1.165) is 0 Å². The molecule has 0 aromatic heterocycles. The average molecular weight is 579 g/mol. The van der Waals surface area contributed by atoms with E-state index in [1.807, 2.05) is 0 Å². The van der Waals surface area contributed by atoms with Gasteiger partial charge in [0.15, 0.2) is 17.1 Å². The van der Waals surface area contributed by atoms with Crippen LogP contribution in [0.5, 0.6) is 5.75 Å². The number of urea groups is 1. The van der Waals surface area contributed by atoms with Crippen molar-refractivity contribution in [1.82, 2.24) is 4.90 Å². The standard InChI is InChI=1S/C29H30N4O9/c1-11-13-9-10-14(32-28(41)31-12-7-5-4-6-8-12)21(34)16(13)22(35)17-15(11)23(36)19-20(33(2)3)24(37)18(27(30)40)26(39)29(19,42)25(17)38/h4-11,15,19-20,23,34,36-38,42H,1-3H3,(H2,30,40)(H2,31,32,41)/t11-,15+,19-,20-,23-,29+/m1/s1. The van der Waals surface area contributed by atoms with Gasteiger partial charge in [-0.15, -0.1) is 0 Å². The number of carbonyl (C=O) groups excluding carboxylic acids is 4. The van der Waals surface area contributed by atoms with E-state index in [0.29, 0.717) is 5.69 Å². The Morgan fingerprint density at radius 1 is 1.00 bits per heavy atom. The third kappa shape index (κ3) is 3.96. The number of phenols is 1. The molecule has 6 atom stereocenters. The van der Waals surface area contributed by atoms with E-state index in [4.69, 9.17) is 5.73 Å². The van der Waals surface area contributed by atoms with Gasteiger partial charge in [0.25, 0.3) is 5.91 Å². The maximum Gasteiger partial charge on any atom is 0.323 e. The monoisotopic (exact) mass is 578 g/mol. The van der Waals surface area contributed by atoms with Crippen LogP contribution in [0.1, 0.15) is 28.8 Å². The third-order valence-electron chi connectivity index (χ3n) is 8.41. The Morgan fingerprint density at radius 3 is 2.24 bits per heavy atom. The molecule has 0 unspecified atom stereocenters. The van der Waals surface area contributed by atoms with Crippen LogP contribution < -0.4 is 16.4 Å². The number of ketones is 2. The second-order valence-corrected chi connectivity index (χ2v) is 10.9. The molecule has 13 heteroatoms. The Kier molecular flexibility index (Phi) is 6.84. The highest BCUT2D eigenvalue weighted by molar-refractivity contribution is 6.25. The number of rotatable bonds is 4. The minimum Gasteiger partial charge on any atom is -0.510 e. The topological polar surface area (TPSA) is 223 Å². The van der Waals surface area contributed by atoms with Gasteiger partial charge in [-0.1, -0.05) is 31.2 Å². The molecule has 9 N–H and O–H groups in total. The summed E-state index contributed by atoms with van der Waals surface area (Å²) < 4.78 is 0. The molecule has 2 aromatic rings. The Balaban J connectivity index is 1.63. The Hall–Kier alpha value is -4.72. The number of fused-ring (bicyclic) bond motifs is 3. The second kappa shape index (κ2) is 9.98. The van der Waals surface area contributed by atoms with E-state index in [2.05, 4.69) is 10.6 Å². The molecule has 2 aromatic carbocycles. The first-order valence-electron chi connectivity index (χ1n) is 13.0. The quantitative estimate of drug-likeness (QED) is 0.192. The van der Waals surface area contributed by atoms with Gasteiger partial charge in [0.2, 0.25) is 5.78 Å². The van der Waals surface area contributed by atoms with Crippen LogP contribution in [0.2, 0.25) is 0 Å². The average Bonchev–Trinajstić information content (AvgIpc) is 2.92. The summed E-state index contributed by atoms with van der Waals surface area (Å²) in [4.78, 5) is 53.4. The minimum atomic E-state index is -3.01. The van der Waals surface area contributed by atoms with E-state index in [9.17, 15) is 44.7 Å². The van der Waals surface area contributed by atoms with Gasteiger partial charge in [-0.25, -0.2) is 4.79 Å². The predicted octanol–water partition coefficient (Wildman–Crippen LogP) is 1.30. The van der Waals surface area contributed by atoms with Gasteiger partial charge in [-0.3, -0.25) is 19.3 Å². The molecule has 0 saturated heterocycles. The highest BCUT2D eigenvalue weighted by Crippen LogP contribution is 2.56. The van der Waals surface area contributed by atoms with Gasteiger partial charge in [0.1, 0.15) is 17.1 Å². The number of Topliss-reactive ketones (excluding diaryl/α,β-unsaturated/α-hetero) is 2. The van der Waals surface area contributed by atoms with E-state index in [-0.39, 0.29) is 16.8 Å². The number of phenolic OH excluding ortho intramolecular Hbond substituents is 1. The van der Waals surface area contributed by atoms with Crippen molar-refractivity contribution < 1.29 is 44.7 Å². The second-order valence-electron chi connectivity index (χ2n) is 10.9. The van der Waals surface area contributed by atoms with Gasteiger partial charge in [-0.2, -0.15) is 0 Å². The number of nitrogens with one attached hydrogen (secondary N) is 2. The first-order valence-corrected chi connectivity index (χ1v) is 13.0. The zero-order valence-electron chi connectivity index (χ0n) is 22.8. The zero-order chi connectivity index (χ0) is 30.8. The molecule has 42 heavy (non-hydrogen) atoms. The van der Waals surface area contributed by atoms with Crippen molar-refractivity contribution in [1.29, 1.82) is 0 Å². The van der Waals surface area contributed by atoms with Crippen molar-refractivity contribution in [3.63, 3.8) is 0 Å². The first-order chi connectivity index (χ1) is 19.7. The lowest BCUT2D eigenvalue weighted by molar-refractivity contribution is -0.162. The number of likely N-dealkylation sites (N-methyl/N-ethyl adjacent to an activating group) is 1. The van der Waals surface area contributed by atoms with Gasteiger partial charge in [-0.05, 0) is 43.8 Å². The SMILES string of the molecule is C[C@@H]1c2ccc(NC(=O)Nc3ccccc3)c(O)c2C(=O)C2=C(O)[C@]3(O)C(=O)C(C(N)=O)=C(O)[C@H](N(C)C)[C@@H]3[C@H](O)[C@H]21. The van der Waals surface area contributed by atoms with Crippen LogP contribution in [-0.4, -0.2) is 85.8 Å². The number of anilines is 2. The molecule has 3 amide bonds. The van der Waals surface area contributed by atoms with E-state index in [1.54, 1.807) is 37.3 Å². The molecule has 5 rings (SSSR count). The fourth-order valence-electron chi connectivity index (χ4n) is 6.53. The van der Waals surface area contributed by atoms with Gasteiger partial charge >= 0.3 is 6.03 Å². The number of amides is 3. The van der Waals surface area contributed by atoms with Crippen molar-refractivity contribution in [3.05, 3.63) is 76.3 Å². The predicted molar refractivity (Wildman–Crippen MR) is 149 cm³/mol. The number of para-hydroxylation sites is 1. The van der Waals surface area contributed by atoms with Gasteiger partial charge in [0, 0.05) is 17.2 Å². The number of hydrogen-bond donors (Lipinski definition) is 8. The number of primary amides is 1. The summed E-state index contributed by atoms with van der Waals surface area (Å²) in [5.74, 6) is -9.94. The highest BCUT2D eigenvalue weighted by atomic mass is 16.4. The fourth-order valence-corrected chi connectivity index (χ4v) is 6.53. The molecule has 0 fully saturated rings. The van der Waals surface area contributed by atoms with Crippen LogP contribution in [0.25, 0.3) is 0 Å². The fraction of sp³-hybridized carbons (Fsp3) is 0.310. The molecule has 0 radical (unpaired) electrons. The Morgan fingerprint density at radius 2 is 1.64 bits per heavy atom. The summed E-state index contributed by atoms with van der Waals surface area (Å²) >= 11 is 0. The first kappa shape index (κ1) is 28.8. The lowest BCUT2D eigenvalue weighted by Crippen LogP contribution is -2.68. The van der Waals surface area contributed by atoms with Crippen LogP contribution in [0.15, 0.2) is 65.1 Å². The van der Waals surface area contributed by atoms with Crippen molar-refractivity contribution in [2.24, 2.45) is 17.6 Å². The number of aromatic hydroxyl groups is 1. The number of nitrogens with zero attached hydrogens (tertiary/aromatic N) is 1. The summed E-state index contributed by atoms with van der Waals surface area (Å²) in [6, 6.07) is 9.27. The maximum absolute atomic E-state index is 13.9. The van der Waals surface area contributed by atoms with Crippen LogP contribution in [0, 0.1) is 11.8 Å². The Labute approximate surface area is 239 Å². The zero-order valence-corrected chi connectivity index (χ0v) is 22.8. The lowest BCUT2D eigenvalue weighted by atomic mass is 9.55. The molecule has 13 nitrogen and oxygen atoms in total. The molecule has 0 spiro atoms. The summed E-state index contributed by atoms with van der Waals surface area (Å²) in [5.41, 5.74) is 1.10. The lowest BCUT2D eigenvalue weighted by Gasteiger charge is -2.53. The van der Waals surface area contributed by atoms with Crippen molar-refractivity contribution >= 4 is 34.9 Å². The van der Waals surface area contributed by atoms with Gasteiger partial charge in [0.05, 0.1) is 29.3 Å². The molecular formula is C29H30N4O9. The van der Waals surface area contributed by atoms with Crippen LogP contribution in [0.4, 0.5) is 16.2 Å². The van der Waals surface area contributed by atoms with Crippen LogP contribution in [-0.2, 0) is 9.59 Å². The number of hydrogen-bond acceptors (Lipinski definition) is 10. The van der Waals surface area contributed by atoms with Crippen LogP contribution >= 0.6 is 0 Å². The Bertz CT molecular complexity index is 1600. The summed E-state index contributed by atoms with van der Waals surface area (Å²) in [5, 5.41) is 61.9. The number of benzene rings is 2. The van der Waals surface area contributed by atoms with Crippen molar-refractivity contribution in [3.8, 4) is 5.75 Å². The van der Waals surface area contributed by atoms with Gasteiger partial charge < -0.3 is 41.9 Å². The normalized spacial score (nSPS) is 28.7. The molecule has 3 aliphatic carbocycles. The molecule has 0 saturated carbocycles. The molecule has 0 heterocycles. The summed E-state index contributed by atoms with van der Waals surface area (Å²) in [6.45, 7) is 1.62. The molecular weight excluding hydrogens is 548 g/mol. The van der Waals surface area contributed by atoms with E-state index >= 15 is 0 Å². The molecule has 220 valence electrons. The summed E-state index contributed by atoms with van der Waals surface area (Å²) in [7, 11) is 2.92. The smallest absolute Gasteiger partial charge is 0.323 e. The number of carbonyl (C=O) groups is 4.